The average Bonchev–Trinajstić information content (AvgIpc) is 3.20. The second-order valence-electron chi connectivity index (χ2n) is 8.83. The molecule has 0 unspecified atom stereocenters. The highest BCUT2D eigenvalue weighted by Gasteiger charge is 2.17. The molecule has 1 N–H and O–H groups in total. The van der Waals surface area contributed by atoms with Gasteiger partial charge in [-0.1, -0.05) is 84.9 Å². The maximum absolute atomic E-state index is 8.12. The van der Waals surface area contributed by atoms with Crippen LogP contribution in [0.15, 0.2) is 109 Å². The number of anilines is 2. The molecule has 4 heteroatoms. The van der Waals surface area contributed by atoms with Gasteiger partial charge in [0.15, 0.2) is 0 Å². The van der Waals surface area contributed by atoms with E-state index in [4.69, 9.17) is 9.59 Å². The molecule has 36 heavy (non-hydrogen) atoms. The van der Waals surface area contributed by atoms with E-state index >= 15 is 0 Å². The first-order chi connectivity index (χ1) is 17.7. The molecule has 0 radical (unpaired) electrons. The Bertz CT molecular complexity index is 1880. The highest BCUT2D eigenvalue weighted by molar-refractivity contribution is 6.25. The molecule has 0 aliphatic carbocycles. The lowest BCUT2D eigenvalue weighted by molar-refractivity contribution is -0.191. The molecular weight excluding hydrogens is 444 g/mol. The molecule has 0 atom stereocenters. The molecule has 1 heterocycles. The maximum atomic E-state index is 8.12. The van der Waals surface area contributed by atoms with Crippen molar-refractivity contribution in [1.82, 2.24) is 4.57 Å². The zero-order valence-electron chi connectivity index (χ0n) is 19.7. The number of para-hydroxylation sites is 2. The molecule has 1 aromatic heterocycles. The second-order valence-corrected chi connectivity index (χ2v) is 8.83. The van der Waals surface area contributed by atoms with Crippen LogP contribution >= 0.6 is 0 Å². The highest BCUT2D eigenvalue weighted by atomic mass is 16.2. The topological polar surface area (TPSA) is 51.1 Å². The number of rotatable bonds is 3. The molecule has 0 aliphatic rings. The number of fused-ring (bicyclic) bond motifs is 1. The van der Waals surface area contributed by atoms with Gasteiger partial charge in [0.1, 0.15) is 0 Å². The summed E-state index contributed by atoms with van der Waals surface area (Å²) in [5.41, 5.74) is 5.88. The normalized spacial score (nSPS) is 11.0. The molecule has 172 valence electrons. The third-order valence-electron chi connectivity index (χ3n) is 6.91. The summed E-state index contributed by atoms with van der Waals surface area (Å²) in [5, 5.41) is 12.9. The molecular formula is C32H22N2O2. The molecule has 0 saturated carbocycles. The minimum atomic E-state index is 0.250. The number of nitrogens with one attached hydrogen (secondary N) is 1. The van der Waals surface area contributed by atoms with Crippen LogP contribution in [0.5, 0.6) is 0 Å². The van der Waals surface area contributed by atoms with Crippen LogP contribution in [-0.2, 0) is 9.59 Å². The zero-order valence-corrected chi connectivity index (χ0v) is 19.7. The van der Waals surface area contributed by atoms with Crippen molar-refractivity contribution in [2.75, 3.05) is 5.32 Å². The van der Waals surface area contributed by atoms with Gasteiger partial charge >= 0.3 is 6.15 Å². The fourth-order valence-corrected chi connectivity index (χ4v) is 5.41. The maximum Gasteiger partial charge on any atom is 0.373 e. The van der Waals surface area contributed by atoms with E-state index in [1.807, 2.05) is 0 Å². The molecule has 0 spiro atoms. The smallest absolute Gasteiger partial charge is 0.353 e. The monoisotopic (exact) mass is 466 g/mol. The number of hydrogen-bond donors (Lipinski definition) is 1. The van der Waals surface area contributed by atoms with Crippen LogP contribution in [0.2, 0.25) is 0 Å². The summed E-state index contributed by atoms with van der Waals surface area (Å²) in [5.74, 6) is 0. The van der Waals surface area contributed by atoms with E-state index in [0.717, 1.165) is 11.4 Å². The summed E-state index contributed by atoms with van der Waals surface area (Å²) in [4.78, 5) is 16.2. The molecule has 4 nitrogen and oxygen atoms in total. The molecule has 0 amide bonds. The summed E-state index contributed by atoms with van der Waals surface area (Å²) < 4.78 is 2.34. The van der Waals surface area contributed by atoms with Crippen LogP contribution in [0.4, 0.5) is 11.4 Å². The summed E-state index contributed by atoms with van der Waals surface area (Å²) >= 11 is 0. The standard InChI is InChI=1S/C31H22N2.CO2/c1-20-31(26-12-5-6-13-28(26)33(20)24-10-3-2-4-11-24)32-27-19-17-23-15-14-21-8-7-9-22-16-18-25(27)30(23)29(21)22;2-1-3/h2-19,32H,1H3;. The van der Waals surface area contributed by atoms with Gasteiger partial charge in [-0.3, -0.25) is 0 Å². The largest absolute Gasteiger partial charge is 0.373 e. The SMILES string of the molecule is Cc1c(Nc2ccc3ccc4cccc5ccc2c3c45)c2ccccc2n1-c1ccccc1.O=C=O. The first-order valence-electron chi connectivity index (χ1n) is 11.8. The van der Waals surface area contributed by atoms with Crippen LogP contribution in [0.3, 0.4) is 0 Å². The van der Waals surface area contributed by atoms with Crippen LogP contribution in [0.1, 0.15) is 5.69 Å². The molecule has 0 saturated heterocycles. The lowest BCUT2D eigenvalue weighted by Crippen LogP contribution is -1.98. The van der Waals surface area contributed by atoms with Gasteiger partial charge in [-0.05, 0) is 58.1 Å². The number of benzene rings is 6. The second kappa shape index (κ2) is 8.70. The fraction of sp³-hybridized carbons (Fsp3) is 0.0312. The van der Waals surface area contributed by atoms with Crippen LogP contribution < -0.4 is 5.32 Å². The Hall–Kier alpha value is -4.92. The van der Waals surface area contributed by atoms with Gasteiger partial charge in [-0.15, -0.1) is 0 Å². The Morgan fingerprint density at radius 3 is 1.97 bits per heavy atom. The van der Waals surface area contributed by atoms with Crippen LogP contribution in [0.25, 0.3) is 48.9 Å². The third-order valence-corrected chi connectivity index (χ3v) is 6.91. The van der Waals surface area contributed by atoms with Crippen molar-refractivity contribution in [1.29, 1.82) is 0 Å². The van der Waals surface area contributed by atoms with E-state index < -0.39 is 0 Å². The van der Waals surface area contributed by atoms with Gasteiger partial charge < -0.3 is 9.88 Å². The van der Waals surface area contributed by atoms with Crippen molar-refractivity contribution in [2.24, 2.45) is 0 Å². The fourth-order valence-electron chi connectivity index (χ4n) is 5.41. The van der Waals surface area contributed by atoms with Crippen molar-refractivity contribution < 1.29 is 9.59 Å². The average molecular weight is 467 g/mol. The number of carbonyl (C=O) groups excluding carboxylic acids is 2. The van der Waals surface area contributed by atoms with E-state index in [-0.39, 0.29) is 6.15 Å². The Morgan fingerprint density at radius 1 is 0.611 bits per heavy atom. The van der Waals surface area contributed by atoms with Gasteiger partial charge in [0, 0.05) is 27.8 Å². The molecule has 7 rings (SSSR count). The van der Waals surface area contributed by atoms with Gasteiger partial charge in [-0.25, -0.2) is 0 Å². The zero-order chi connectivity index (χ0) is 24.6. The summed E-state index contributed by atoms with van der Waals surface area (Å²) in [6.07, 6.45) is 0.250. The van der Waals surface area contributed by atoms with Gasteiger partial charge in [0.25, 0.3) is 0 Å². The highest BCUT2D eigenvalue weighted by Crippen LogP contribution is 2.41. The van der Waals surface area contributed by atoms with Crippen molar-refractivity contribution in [3.8, 4) is 5.69 Å². The molecule has 6 aromatic carbocycles. The number of aromatic nitrogens is 1. The van der Waals surface area contributed by atoms with Crippen molar-refractivity contribution in [3.05, 3.63) is 115 Å². The Balaban J connectivity index is 0.000000765. The van der Waals surface area contributed by atoms with Gasteiger partial charge in [-0.2, -0.15) is 9.59 Å². The lowest BCUT2D eigenvalue weighted by atomic mass is 9.93. The van der Waals surface area contributed by atoms with Crippen molar-refractivity contribution >= 4 is 60.7 Å². The lowest BCUT2D eigenvalue weighted by Gasteiger charge is -2.15. The quantitative estimate of drug-likeness (QED) is 0.268. The summed E-state index contributed by atoms with van der Waals surface area (Å²) in [6, 6.07) is 39.2. The predicted octanol–water partition coefficient (Wildman–Crippen LogP) is 8.00. The first kappa shape index (κ1) is 21.6. The summed E-state index contributed by atoms with van der Waals surface area (Å²) in [7, 11) is 0. The molecule has 7 aromatic rings. The summed E-state index contributed by atoms with van der Waals surface area (Å²) in [6.45, 7) is 2.20. The molecule has 0 aliphatic heterocycles. The minimum absolute atomic E-state index is 0.250. The van der Waals surface area contributed by atoms with E-state index in [2.05, 4.69) is 126 Å². The predicted molar refractivity (Wildman–Crippen MR) is 146 cm³/mol. The molecule has 0 fully saturated rings. The third kappa shape index (κ3) is 3.32. The van der Waals surface area contributed by atoms with E-state index in [1.165, 1.54) is 54.6 Å². The van der Waals surface area contributed by atoms with E-state index in [1.54, 1.807) is 0 Å². The minimum Gasteiger partial charge on any atom is -0.353 e. The van der Waals surface area contributed by atoms with Crippen molar-refractivity contribution in [2.45, 2.75) is 6.92 Å². The Labute approximate surface area is 207 Å². The Morgan fingerprint density at radius 2 is 1.22 bits per heavy atom. The van der Waals surface area contributed by atoms with Crippen LogP contribution in [0, 0.1) is 6.92 Å². The Kier molecular flexibility index (Phi) is 5.22. The molecule has 0 bridgehead atoms. The van der Waals surface area contributed by atoms with E-state index in [0.29, 0.717) is 0 Å². The number of nitrogens with zero attached hydrogens (tertiary/aromatic N) is 1. The van der Waals surface area contributed by atoms with Gasteiger partial charge in [0.2, 0.25) is 0 Å². The van der Waals surface area contributed by atoms with Gasteiger partial charge in [0.05, 0.1) is 11.2 Å². The van der Waals surface area contributed by atoms with Crippen molar-refractivity contribution in [3.63, 3.8) is 0 Å². The van der Waals surface area contributed by atoms with E-state index in [9.17, 15) is 0 Å². The first-order valence-corrected chi connectivity index (χ1v) is 11.8. The van der Waals surface area contributed by atoms with Crippen LogP contribution in [-0.4, -0.2) is 10.7 Å². The number of hydrogen-bond acceptors (Lipinski definition) is 3.